The molecular formula is C35H30Cl2N6OS2. The van der Waals surface area contributed by atoms with Crippen LogP contribution in [0.3, 0.4) is 0 Å². The summed E-state index contributed by atoms with van der Waals surface area (Å²) >= 11 is 15.1. The van der Waals surface area contributed by atoms with Gasteiger partial charge in [0.25, 0.3) is 5.91 Å². The van der Waals surface area contributed by atoms with Gasteiger partial charge in [0.05, 0.1) is 6.54 Å². The number of amides is 1. The van der Waals surface area contributed by atoms with Gasteiger partial charge in [-0.05, 0) is 106 Å². The molecule has 11 heteroatoms. The molecule has 0 aliphatic heterocycles. The van der Waals surface area contributed by atoms with Crippen molar-refractivity contribution in [3.05, 3.63) is 143 Å². The molecule has 2 heterocycles. The van der Waals surface area contributed by atoms with Gasteiger partial charge in [-0.25, -0.2) is 19.9 Å². The molecule has 0 unspecified atom stereocenters. The molecule has 0 saturated heterocycles. The molecule has 0 atom stereocenters. The molecule has 0 fully saturated rings. The smallest absolute Gasteiger partial charge is 0.259 e. The monoisotopic (exact) mass is 684 g/mol. The van der Waals surface area contributed by atoms with E-state index in [1.54, 1.807) is 53.0 Å². The number of nitrogens with zero attached hydrogens (tertiary/aromatic N) is 5. The molecule has 0 bridgehead atoms. The Kier molecular flexibility index (Phi) is 11.9. The summed E-state index contributed by atoms with van der Waals surface area (Å²) in [6.45, 7) is 1.11. The summed E-state index contributed by atoms with van der Waals surface area (Å²) in [4.78, 5) is 33.6. The van der Waals surface area contributed by atoms with Gasteiger partial charge in [-0.2, -0.15) is 0 Å². The third-order valence-electron chi connectivity index (χ3n) is 6.89. The predicted octanol–water partition coefficient (Wildman–Crippen LogP) is 9.32. The van der Waals surface area contributed by atoms with Crippen LogP contribution in [0, 0.1) is 0 Å². The Bertz CT molecular complexity index is 1910. The highest BCUT2D eigenvalue weighted by molar-refractivity contribution is 7.98. The largest absolute Gasteiger partial charge is 0.366 e. The first-order valence-corrected chi connectivity index (χ1v) is 17.4. The van der Waals surface area contributed by atoms with Gasteiger partial charge in [0.1, 0.15) is 11.6 Å². The molecule has 0 spiro atoms. The van der Waals surface area contributed by atoms with Gasteiger partial charge in [0, 0.05) is 34.3 Å². The van der Waals surface area contributed by atoms with Crippen molar-refractivity contribution in [1.82, 2.24) is 19.9 Å². The van der Waals surface area contributed by atoms with Crippen LogP contribution in [0.4, 0.5) is 11.6 Å². The maximum absolute atomic E-state index is 13.4. The van der Waals surface area contributed by atoms with E-state index in [4.69, 9.17) is 23.2 Å². The van der Waals surface area contributed by atoms with Crippen LogP contribution in [0.5, 0.6) is 0 Å². The zero-order chi connectivity index (χ0) is 32.3. The molecule has 6 aromatic rings. The van der Waals surface area contributed by atoms with Gasteiger partial charge < -0.3 is 5.32 Å². The Balaban J connectivity index is 0.000000209. The number of carbonyl (C=O) groups excluding carboxylic acids is 1. The van der Waals surface area contributed by atoms with Gasteiger partial charge >= 0.3 is 0 Å². The summed E-state index contributed by atoms with van der Waals surface area (Å²) in [7, 11) is 0. The number of aromatic nitrogens is 4. The molecule has 232 valence electrons. The predicted molar refractivity (Wildman–Crippen MR) is 192 cm³/mol. The lowest BCUT2D eigenvalue weighted by atomic mass is 10.1. The Hall–Kier alpha value is -4.15. The van der Waals surface area contributed by atoms with E-state index >= 15 is 0 Å². The second kappa shape index (κ2) is 16.4. The molecule has 1 N–H and O–H groups in total. The zero-order valence-electron chi connectivity index (χ0n) is 25.1. The van der Waals surface area contributed by atoms with Crippen LogP contribution in [0.15, 0.2) is 125 Å². The molecule has 2 aromatic heterocycles. The number of anilines is 2. The second-order valence-electron chi connectivity index (χ2n) is 9.90. The Morgan fingerprint density at radius 3 is 1.96 bits per heavy atom. The maximum Gasteiger partial charge on any atom is 0.259 e. The fourth-order valence-electron chi connectivity index (χ4n) is 4.49. The van der Waals surface area contributed by atoms with Crippen LogP contribution in [0.1, 0.15) is 21.5 Å². The molecule has 46 heavy (non-hydrogen) atoms. The van der Waals surface area contributed by atoms with Crippen molar-refractivity contribution in [2.45, 2.75) is 22.9 Å². The number of carbonyl (C=O) groups is 1. The number of fused-ring (bicyclic) bond motifs is 1. The lowest BCUT2D eigenvalue weighted by Crippen LogP contribution is -2.31. The van der Waals surface area contributed by atoms with Crippen molar-refractivity contribution in [3.63, 3.8) is 0 Å². The number of benzene rings is 4. The van der Waals surface area contributed by atoms with Gasteiger partial charge in [-0.3, -0.25) is 9.69 Å². The number of nitrogens with one attached hydrogen (secondary N) is 1. The Morgan fingerprint density at radius 2 is 1.33 bits per heavy atom. The Labute approximate surface area is 286 Å². The third-order valence-corrected chi connectivity index (χ3v) is 8.74. The molecular weight excluding hydrogens is 655 g/mol. The molecule has 4 aromatic carbocycles. The quantitative estimate of drug-likeness (QED) is 0.119. The van der Waals surface area contributed by atoms with Crippen molar-refractivity contribution in [3.8, 4) is 0 Å². The highest BCUT2D eigenvalue weighted by Gasteiger charge is 2.20. The minimum atomic E-state index is -0.139. The van der Waals surface area contributed by atoms with Gasteiger partial charge in [0.15, 0.2) is 0 Å². The van der Waals surface area contributed by atoms with E-state index in [0.717, 1.165) is 28.7 Å². The van der Waals surface area contributed by atoms with E-state index in [1.165, 1.54) is 15.4 Å². The van der Waals surface area contributed by atoms with Crippen molar-refractivity contribution in [2.24, 2.45) is 0 Å². The van der Waals surface area contributed by atoms with E-state index in [-0.39, 0.29) is 16.5 Å². The molecule has 0 aliphatic rings. The van der Waals surface area contributed by atoms with Crippen LogP contribution in [-0.2, 0) is 13.1 Å². The summed E-state index contributed by atoms with van der Waals surface area (Å²) in [5.41, 5.74) is 2.81. The Morgan fingerprint density at radius 1 is 0.717 bits per heavy atom. The van der Waals surface area contributed by atoms with Crippen molar-refractivity contribution < 1.29 is 4.79 Å². The lowest BCUT2D eigenvalue weighted by Gasteiger charge is -2.22. The van der Waals surface area contributed by atoms with Gasteiger partial charge in [-0.1, -0.05) is 54.6 Å². The van der Waals surface area contributed by atoms with Crippen molar-refractivity contribution in [2.75, 3.05) is 22.7 Å². The van der Waals surface area contributed by atoms with Crippen LogP contribution in [-0.4, -0.2) is 38.4 Å². The molecule has 0 radical (unpaired) electrons. The molecule has 1 amide bonds. The van der Waals surface area contributed by atoms with Gasteiger partial charge in [-0.15, -0.1) is 23.5 Å². The van der Waals surface area contributed by atoms with Gasteiger partial charge in [0.2, 0.25) is 10.6 Å². The normalized spacial score (nSPS) is 10.6. The number of rotatable bonds is 9. The highest BCUT2D eigenvalue weighted by Crippen LogP contribution is 2.23. The minimum Gasteiger partial charge on any atom is -0.366 e. The van der Waals surface area contributed by atoms with E-state index in [2.05, 4.69) is 55.8 Å². The number of hydrogen-bond acceptors (Lipinski definition) is 8. The van der Waals surface area contributed by atoms with Crippen LogP contribution < -0.4 is 10.2 Å². The number of thioether (sulfide) groups is 2. The first kappa shape index (κ1) is 33.2. The summed E-state index contributed by atoms with van der Waals surface area (Å²) in [5.74, 6) is 1.07. The second-order valence-corrected chi connectivity index (χ2v) is 12.3. The molecule has 7 nitrogen and oxygen atoms in total. The highest BCUT2D eigenvalue weighted by atomic mass is 35.5. The molecule has 0 aliphatic carbocycles. The summed E-state index contributed by atoms with van der Waals surface area (Å²) in [5, 5.41) is 5.67. The third kappa shape index (κ3) is 9.20. The van der Waals surface area contributed by atoms with Crippen molar-refractivity contribution >= 4 is 75.0 Å². The first-order valence-electron chi connectivity index (χ1n) is 14.2. The van der Waals surface area contributed by atoms with E-state index in [1.807, 2.05) is 73.0 Å². The molecule has 0 saturated carbocycles. The number of halogens is 2. The average Bonchev–Trinajstić information content (AvgIpc) is 3.10. The fourth-order valence-corrected chi connectivity index (χ4v) is 5.60. The van der Waals surface area contributed by atoms with Crippen LogP contribution >= 0.6 is 46.7 Å². The maximum atomic E-state index is 13.4. The van der Waals surface area contributed by atoms with E-state index < -0.39 is 0 Å². The fraction of sp³-hybridized carbons (Fsp3) is 0.114. The summed E-state index contributed by atoms with van der Waals surface area (Å²) < 4.78 is 0. The van der Waals surface area contributed by atoms with Crippen molar-refractivity contribution in [1.29, 1.82) is 0 Å². The van der Waals surface area contributed by atoms with Crippen LogP contribution in [0.25, 0.3) is 10.8 Å². The standard InChI is InChI=1S/C23H18ClN3OS.C12H12ClN3S/c1-29-20-10-6-16(7-11-20)15-27(21-12-13-25-23(24)26-21)22(28)19-9-8-17-4-2-3-5-18(17)14-19;1-17-10-4-2-9(3-5-10)8-15-11-6-7-14-12(13)16-11/h2-14H,15H2,1H3;2-7H,8H2,1H3,(H,14,15,16). The minimum absolute atomic E-state index is 0.108. The SMILES string of the molecule is CSc1ccc(CN(C(=O)c2ccc3ccccc3c2)c2ccnc(Cl)n2)cc1.CSc1ccc(CNc2ccnc(Cl)n2)cc1. The summed E-state index contributed by atoms with van der Waals surface area (Å²) in [6, 6.07) is 33.7. The van der Waals surface area contributed by atoms with E-state index in [9.17, 15) is 4.79 Å². The molecule has 6 rings (SSSR count). The lowest BCUT2D eigenvalue weighted by molar-refractivity contribution is 0.0984. The van der Waals surface area contributed by atoms with E-state index in [0.29, 0.717) is 17.9 Å². The topological polar surface area (TPSA) is 83.9 Å². The van der Waals surface area contributed by atoms with Crippen LogP contribution in [0.2, 0.25) is 10.6 Å². The average molecular weight is 686 g/mol. The zero-order valence-corrected chi connectivity index (χ0v) is 28.2. The first-order chi connectivity index (χ1) is 22.4. The number of hydrogen-bond donors (Lipinski definition) is 1. The summed E-state index contributed by atoms with van der Waals surface area (Å²) in [6.07, 6.45) is 7.29.